The fourth-order valence-electron chi connectivity index (χ4n) is 2.14. The lowest BCUT2D eigenvalue weighted by Crippen LogP contribution is -2.34. The highest BCUT2D eigenvalue weighted by Gasteiger charge is 2.21. The smallest absolute Gasteiger partial charge is 0.406 e. The van der Waals surface area contributed by atoms with Crippen LogP contribution in [0.4, 0.5) is 4.79 Å². The van der Waals surface area contributed by atoms with Crippen LogP contribution in [0.15, 0.2) is 12.1 Å². The first-order valence-corrected chi connectivity index (χ1v) is 6.76. The van der Waals surface area contributed by atoms with Crippen LogP contribution in [0, 0.1) is 0 Å². The molecule has 0 saturated heterocycles. The zero-order chi connectivity index (χ0) is 16.7. The minimum absolute atomic E-state index is 0.0761. The van der Waals surface area contributed by atoms with Gasteiger partial charge in [-0.1, -0.05) is 0 Å². The summed E-state index contributed by atoms with van der Waals surface area (Å²) in [4.78, 5) is 13.3. The lowest BCUT2D eigenvalue weighted by atomic mass is 10.0. The zero-order valence-electron chi connectivity index (χ0n) is 13.9. The van der Waals surface area contributed by atoms with Crippen molar-refractivity contribution in [1.29, 1.82) is 0 Å². The molecule has 0 aliphatic heterocycles. The number of alkyl carbamates (subject to hydrolysis) is 1. The molecule has 0 fully saturated rings. The van der Waals surface area contributed by atoms with E-state index in [0.29, 0.717) is 23.8 Å². The summed E-state index contributed by atoms with van der Waals surface area (Å²) in [7, 11) is 9.87. The van der Waals surface area contributed by atoms with Crippen LogP contribution < -0.4 is 19.5 Å². The summed E-state index contributed by atoms with van der Waals surface area (Å²) in [6, 6.07) is 3.66. The summed E-state index contributed by atoms with van der Waals surface area (Å²) in [5.41, 5.74) is 0.927. The van der Waals surface area contributed by atoms with Gasteiger partial charge in [0.05, 0.1) is 34.5 Å². The van der Waals surface area contributed by atoms with Crippen LogP contribution in [0.25, 0.3) is 0 Å². The molecule has 22 heavy (non-hydrogen) atoms. The number of methoxy groups -OCH3 is 4. The van der Waals surface area contributed by atoms with Gasteiger partial charge in [-0.05, 0) is 31.8 Å². The Morgan fingerprint density at radius 2 is 1.64 bits per heavy atom. The Bertz CT molecular complexity index is 480. The number of likely N-dealkylation sites (N-methyl/N-ethyl adjacent to an activating group) is 1. The van der Waals surface area contributed by atoms with Gasteiger partial charge in [0.15, 0.2) is 11.5 Å². The minimum atomic E-state index is -0.473. The predicted molar refractivity (Wildman–Crippen MR) is 82.9 cm³/mol. The Labute approximate surface area is 131 Å². The van der Waals surface area contributed by atoms with E-state index in [1.807, 2.05) is 31.1 Å². The number of nitrogens with one attached hydrogen (secondary N) is 1. The lowest BCUT2D eigenvalue weighted by molar-refractivity contribution is 0.166. The number of nitrogens with zero attached hydrogens (tertiary/aromatic N) is 1. The van der Waals surface area contributed by atoms with Crippen molar-refractivity contribution < 1.29 is 23.7 Å². The Kier molecular flexibility index (Phi) is 6.78. The number of hydrogen-bond acceptors (Lipinski definition) is 6. The standard InChI is InChI=1S/C15H24N2O5/c1-17(2)11(9-16-15(18)22-6)10-7-12(19-3)14(21-5)13(8-10)20-4/h7-8,11H,9H2,1-6H3,(H,16,18). The largest absolute Gasteiger partial charge is 0.493 e. The molecule has 0 aromatic heterocycles. The van der Waals surface area contributed by atoms with E-state index in [-0.39, 0.29) is 6.04 Å². The van der Waals surface area contributed by atoms with Crippen LogP contribution >= 0.6 is 0 Å². The maximum absolute atomic E-state index is 11.3. The molecule has 0 heterocycles. The molecule has 7 nitrogen and oxygen atoms in total. The number of amides is 1. The Morgan fingerprint density at radius 1 is 1.09 bits per heavy atom. The minimum Gasteiger partial charge on any atom is -0.493 e. The first-order chi connectivity index (χ1) is 10.5. The van der Waals surface area contributed by atoms with Gasteiger partial charge in [-0.3, -0.25) is 0 Å². The van der Waals surface area contributed by atoms with Crippen molar-refractivity contribution in [3.05, 3.63) is 17.7 Å². The number of ether oxygens (including phenoxy) is 4. The summed E-state index contributed by atoms with van der Waals surface area (Å²) in [5.74, 6) is 1.68. The Balaban J connectivity index is 3.16. The SMILES string of the molecule is COC(=O)NCC(c1cc(OC)c(OC)c(OC)c1)N(C)C. The molecule has 1 unspecified atom stereocenters. The molecule has 1 atom stereocenters. The van der Waals surface area contributed by atoms with Gasteiger partial charge in [0, 0.05) is 6.54 Å². The van der Waals surface area contributed by atoms with Gasteiger partial charge in [-0.25, -0.2) is 4.79 Å². The first kappa shape index (κ1) is 17.9. The molecule has 1 rings (SSSR count). The molecule has 0 radical (unpaired) electrons. The predicted octanol–water partition coefficient (Wildman–Crippen LogP) is 1.67. The van der Waals surface area contributed by atoms with Crippen LogP contribution in [0.1, 0.15) is 11.6 Å². The lowest BCUT2D eigenvalue weighted by Gasteiger charge is -2.26. The van der Waals surface area contributed by atoms with Crippen LogP contribution in [-0.2, 0) is 4.74 Å². The average molecular weight is 312 g/mol. The van der Waals surface area contributed by atoms with E-state index in [2.05, 4.69) is 10.1 Å². The maximum Gasteiger partial charge on any atom is 0.406 e. The molecule has 0 saturated carbocycles. The molecule has 0 spiro atoms. The van der Waals surface area contributed by atoms with Gasteiger partial charge in [0.1, 0.15) is 0 Å². The van der Waals surface area contributed by atoms with Crippen molar-refractivity contribution in [2.24, 2.45) is 0 Å². The number of rotatable bonds is 7. The Morgan fingerprint density at radius 3 is 2.00 bits per heavy atom. The molecule has 1 aromatic carbocycles. The van der Waals surface area contributed by atoms with E-state index in [9.17, 15) is 4.79 Å². The third kappa shape index (κ3) is 4.17. The molecule has 1 aromatic rings. The van der Waals surface area contributed by atoms with Gasteiger partial charge in [0.25, 0.3) is 0 Å². The zero-order valence-corrected chi connectivity index (χ0v) is 13.9. The second-order valence-corrected chi connectivity index (χ2v) is 4.81. The van der Waals surface area contributed by atoms with Gasteiger partial charge < -0.3 is 29.2 Å². The fourth-order valence-corrected chi connectivity index (χ4v) is 2.14. The summed E-state index contributed by atoms with van der Waals surface area (Å²) in [6.45, 7) is 0.387. The molecule has 0 aliphatic rings. The van der Waals surface area contributed by atoms with Gasteiger partial charge >= 0.3 is 6.09 Å². The second kappa shape index (κ2) is 8.33. The van der Waals surface area contributed by atoms with E-state index in [4.69, 9.17) is 14.2 Å². The number of hydrogen-bond donors (Lipinski definition) is 1. The molecular formula is C15H24N2O5. The third-order valence-corrected chi connectivity index (χ3v) is 3.32. The topological polar surface area (TPSA) is 69.3 Å². The van der Waals surface area contributed by atoms with Gasteiger partial charge in [-0.15, -0.1) is 0 Å². The van der Waals surface area contributed by atoms with Crippen LogP contribution in [0.5, 0.6) is 17.2 Å². The summed E-state index contributed by atoms with van der Waals surface area (Å²) in [6.07, 6.45) is -0.473. The highest BCUT2D eigenvalue weighted by Crippen LogP contribution is 2.40. The van der Waals surface area contributed by atoms with E-state index in [0.717, 1.165) is 5.56 Å². The van der Waals surface area contributed by atoms with Crippen molar-refractivity contribution in [2.75, 3.05) is 49.1 Å². The molecule has 1 N–H and O–H groups in total. The monoisotopic (exact) mass is 312 g/mol. The van der Waals surface area contributed by atoms with E-state index < -0.39 is 6.09 Å². The van der Waals surface area contributed by atoms with Gasteiger partial charge in [0.2, 0.25) is 5.75 Å². The fraction of sp³-hybridized carbons (Fsp3) is 0.533. The quantitative estimate of drug-likeness (QED) is 0.826. The van der Waals surface area contributed by atoms with Crippen molar-refractivity contribution >= 4 is 6.09 Å². The van der Waals surface area contributed by atoms with Crippen LogP contribution in [-0.4, -0.2) is 60.1 Å². The van der Waals surface area contributed by atoms with E-state index in [1.165, 1.54) is 7.11 Å². The van der Waals surface area contributed by atoms with Crippen LogP contribution in [0.3, 0.4) is 0 Å². The van der Waals surface area contributed by atoms with Gasteiger partial charge in [-0.2, -0.15) is 0 Å². The average Bonchev–Trinajstić information content (AvgIpc) is 2.53. The summed E-state index contributed by atoms with van der Waals surface area (Å²) >= 11 is 0. The molecule has 0 aliphatic carbocycles. The van der Waals surface area contributed by atoms with E-state index >= 15 is 0 Å². The van der Waals surface area contributed by atoms with Crippen molar-refractivity contribution in [2.45, 2.75) is 6.04 Å². The Hall–Kier alpha value is -2.15. The molecule has 7 heteroatoms. The van der Waals surface area contributed by atoms with Crippen molar-refractivity contribution in [3.63, 3.8) is 0 Å². The third-order valence-electron chi connectivity index (χ3n) is 3.32. The molecule has 0 bridgehead atoms. The molecule has 124 valence electrons. The number of benzene rings is 1. The summed E-state index contributed by atoms with van der Waals surface area (Å²) in [5, 5.41) is 2.70. The second-order valence-electron chi connectivity index (χ2n) is 4.81. The summed E-state index contributed by atoms with van der Waals surface area (Å²) < 4.78 is 20.6. The number of carbonyl (C=O) groups is 1. The van der Waals surface area contributed by atoms with Crippen molar-refractivity contribution in [3.8, 4) is 17.2 Å². The van der Waals surface area contributed by atoms with Crippen LogP contribution in [0.2, 0.25) is 0 Å². The number of carbonyl (C=O) groups excluding carboxylic acids is 1. The molecular weight excluding hydrogens is 288 g/mol. The molecule has 1 amide bonds. The van der Waals surface area contributed by atoms with E-state index in [1.54, 1.807) is 21.3 Å². The maximum atomic E-state index is 11.3. The normalized spacial score (nSPS) is 11.8. The highest BCUT2D eigenvalue weighted by atomic mass is 16.5. The highest BCUT2D eigenvalue weighted by molar-refractivity contribution is 5.67. The van der Waals surface area contributed by atoms with Crippen molar-refractivity contribution in [1.82, 2.24) is 10.2 Å². The first-order valence-electron chi connectivity index (χ1n) is 6.76.